The zero-order valence-electron chi connectivity index (χ0n) is 7.04. The van der Waals surface area contributed by atoms with E-state index in [0.717, 1.165) is 6.42 Å². The molecule has 1 aliphatic rings. The van der Waals surface area contributed by atoms with E-state index >= 15 is 0 Å². The number of carbonyl (C=O) groups excluding carboxylic acids is 1. The highest BCUT2D eigenvalue weighted by Gasteiger charge is 2.35. The molecule has 1 heterocycles. The van der Waals surface area contributed by atoms with Gasteiger partial charge in [0.15, 0.2) is 0 Å². The van der Waals surface area contributed by atoms with Gasteiger partial charge in [-0.05, 0) is 12.3 Å². The van der Waals surface area contributed by atoms with Gasteiger partial charge in [0.2, 0.25) is 0 Å². The van der Waals surface area contributed by atoms with Crippen LogP contribution >= 0.6 is 0 Å². The minimum absolute atomic E-state index is 0.0325. The van der Waals surface area contributed by atoms with Gasteiger partial charge in [0, 0.05) is 6.54 Å². The molecule has 0 radical (unpaired) electrons. The molecule has 0 spiro atoms. The Balaban J connectivity index is 2.52. The van der Waals surface area contributed by atoms with Crippen molar-refractivity contribution in [1.82, 2.24) is 0 Å². The fourth-order valence-electron chi connectivity index (χ4n) is 1.37. The van der Waals surface area contributed by atoms with E-state index in [0.29, 0.717) is 12.5 Å². The lowest BCUT2D eigenvalue weighted by atomic mass is 9.93. The lowest BCUT2D eigenvalue weighted by Gasteiger charge is -2.07. The summed E-state index contributed by atoms with van der Waals surface area (Å²) in [7, 11) is 0. The van der Waals surface area contributed by atoms with Crippen molar-refractivity contribution in [2.24, 2.45) is 17.6 Å². The Bertz CT molecular complexity index is 156. The van der Waals surface area contributed by atoms with Crippen LogP contribution < -0.4 is 5.73 Å². The third-order valence-electron chi connectivity index (χ3n) is 2.17. The molecule has 2 atom stereocenters. The summed E-state index contributed by atoms with van der Waals surface area (Å²) in [5, 5.41) is 0. The fourth-order valence-corrected chi connectivity index (χ4v) is 1.37. The molecule has 1 fully saturated rings. The maximum atomic E-state index is 11.1. The van der Waals surface area contributed by atoms with Crippen LogP contribution in [-0.2, 0) is 9.53 Å². The van der Waals surface area contributed by atoms with E-state index in [1.165, 1.54) is 0 Å². The van der Waals surface area contributed by atoms with Crippen molar-refractivity contribution in [2.45, 2.75) is 26.4 Å². The summed E-state index contributed by atoms with van der Waals surface area (Å²) in [5.74, 6) is 0.373. The Hall–Kier alpha value is -0.570. The molecule has 1 saturated heterocycles. The van der Waals surface area contributed by atoms with Crippen molar-refractivity contribution in [1.29, 1.82) is 0 Å². The van der Waals surface area contributed by atoms with E-state index in [4.69, 9.17) is 10.5 Å². The molecule has 0 bridgehead atoms. The predicted molar refractivity (Wildman–Crippen MR) is 41.9 cm³/mol. The van der Waals surface area contributed by atoms with Crippen molar-refractivity contribution in [2.75, 3.05) is 6.54 Å². The number of esters is 1. The van der Waals surface area contributed by atoms with Gasteiger partial charge in [0.25, 0.3) is 0 Å². The average molecular weight is 157 g/mol. The van der Waals surface area contributed by atoms with Crippen molar-refractivity contribution in [3.8, 4) is 0 Å². The second-order valence-electron chi connectivity index (χ2n) is 3.38. The summed E-state index contributed by atoms with van der Waals surface area (Å²) in [6.07, 6.45) is 0.766. The van der Waals surface area contributed by atoms with Crippen LogP contribution in [0.25, 0.3) is 0 Å². The molecule has 1 rings (SSSR count). The Kier molecular flexibility index (Phi) is 2.49. The van der Waals surface area contributed by atoms with E-state index in [2.05, 4.69) is 0 Å². The minimum atomic E-state index is -0.0737. The first-order valence-electron chi connectivity index (χ1n) is 4.05. The first kappa shape index (κ1) is 8.53. The van der Waals surface area contributed by atoms with Gasteiger partial charge in [0.05, 0.1) is 5.92 Å². The average Bonchev–Trinajstić information content (AvgIpc) is 2.30. The number of carbonyl (C=O) groups is 1. The third kappa shape index (κ3) is 1.71. The van der Waals surface area contributed by atoms with Gasteiger partial charge in [-0.2, -0.15) is 0 Å². The van der Waals surface area contributed by atoms with Crippen molar-refractivity contribution >= 4 is 5.97 Å². The van der Waals surface area contributed by atoms with Crippen LogP contribution in [0.2, 0.25) is 0 Å². The standard InChI is InChI=1S/C8H15NO2/c1-5(2)7-3-6(4-9)11-8(7)10/h5-7H,3-4,9H2,1-2H3. The van der Waals surface area contributed by atoms with Gasteiger partial charge < -0.3 is 10.5 Å². The zero-order valence-corrected chi connectivity index (χ0v) is 7.04. The number of hydrogen-bond donors (Lipinski definition) is 1. The van der Waals surface area contributed by atoms with Crippen LogP contribution in [-0.4, -0.2) is 18.6 Å². The van der Waals surface area contributed by atoms with Gasteiger partial charge in [0.1, 0.15) is 6.10 Å². The Morgan fingerprint density at radius 1 is 1.73 bits per heavy atom. The summed E-state index contributed by atoms with van der Waals surface area (Å²) < 4.78 is 5.02. The quantitative estimate of drug-likeness (QED) is 0.595. The van der Waals surface area contributed by atoms with Gasteiger partial charge in [-0.1, -0.05) is 13.8 Å². The Morgan fingerprint density at radius 3 is 2.64 bits per heavy atom. The molecule has 2 N–H and O–H groups in total. The number of cyclic esters (lactones) is 1. The zero-order chi connectivity index (χ0) is 8.43. The highest BCUT2D eigenvalue weighted by atomic mass is 16.6. The summed E-state index contributed by atoms with van der Waals surface area (Å²) in [6.45, 7) is 4.52. The van der Waals surface area contributed by atoms with Crippen LogP contribution in [0, 0.1) is 11.8 Å². The van der Waals surface area contributed by atoms with E-state index < -0.39 is 0 Å². The van der Waals surface area contributed by atoms with Crippen LogP contribution in [0.4, 0.5) is 0 Å². The first-order valence-corrected chi connectivity index (χ1v) is 4.05. The molecule has 1 aliphatic heterocycles. The Labute approximate surface area is 66.9 Å². The van der Waals surface area contributed by atoms with E-state index in [-0.39, 0.29) is 18.0 Å². The van der Waals surface area contributed by atoms with Gasteiger partial charge in [-0.15, -0.1) is 0 Å². The molecule has 0 aromatic rings. The molecule has 0 amide bonds. The van der Waals surface area contributed by atoms with Crippen molar-refractivity contribution in [3.05, 3.63) is 0 Å². The molecule has 11 heavy (non-hydrogen) atoms. The highest BCUT2D eigenvalue weighted by molar-refractivity contribution is 5.74. The Morgan fingerprint density at radius 2 is 2.36 bits per heavy atom. The molecule has 3 nitrogen and oxygen atoms in total. The maximum Gasteiger partial charge on any atom is 0.309 e. The number of ether oxygens (including phenoxy) is 1. The normalized spacial score (nSPS) is 31.1. The largest absolute Gasteiger partial charge is 0.461 e. The second-order valence-corrected chi connectivity index (χ2v) is 3.38. The van der Waals surface area contributed by atoms with Crippen LogP contribution in [0.1, 0.15) is 20.3 Å². The molecule has 0 aromatic heterocycles. The molecule has 0 saturated carbocycles. The summed E-state index contributed by atoms with van der Waals surface area (Å²) >= 11 is 0. The number of hydrogen-bond acceptors (Lipinski definition) is 3. The molecule has 0 aromatic carbocycles. The third-order valence-corrected chi connectivity index (χ3v) is 2.17. The maximum absolute atomic E-state index is 11.1. The van der Waals surface area contributed by atoms with Crippen molar-refractivity contribution < 1.29 is 9.53 Å². The molecular formula is C8H15NO2. The fraction of sp³-hybridized carbons (Fsp3) is 0.875. The van der Waals surface area contributed by atoms with E-state index in [1.807, 2.05) is 13.8 Å². The van der Waals surface area contributed by atoms with Crippen LogP contribution in [0.3, 0.4) is 0 Å². The summed E-state index contributed by atoms with van der Waals surface area (Å²) in [6, 6.07) is 0. The smallest absolute Gasteiger partial charge is 0.309 e. The summed E-state index contributed by atoms with van der Waals surface area (Å²) in [5.41, 5.74) is 5.38. The highest BCUT2D eigenvalue weighted by Crippen LogP contribution is 2.26. The van der Waals surface area contributed by atoms with Crippen molar-refractivity contribution in [3.63, 3.8) is 0 Å². The lowest BCUT2D eigenvalue weighted by molar-refractivity contribution is -0.144. The van der Waals surface area contributed by atoms with Crippen LogP contribution in [0.15, 0.2) is 0 Å². The molecule has 0 aliphatic carbocycles. The monoisotopic (exact) mass is 157 g/mol. The van der Waals surface area contributed by atoms with Gasteiger partial charge in [-0.3, -0.25) is 4.79 Å². The topological polar surface area (TPSA) is 52.3 Å². The molecular weight excluding hydrogens is 142 g/mol. The van der Waals surface area contributed by atoms with Gasteiger partial charge >= 0.3 is 5.97 Å². The predicted octanol–water partition coefficient (Wildman–Crippen LogP) is 0.533. The second kappa shape index (κ2) is 3.22. The number of nitrogens with two attached hydrogens (primary N) is 1. The summed E-state index contributed by atoms with van der Waals surface area (Å²) in [4.78, 5) is 11.1. The number of rotatable bonds is 2. The van der Waals surface area contributed by atoms with Crippen LogP contribution in [0.5, 0.6) is 0 Å². The minimum Gasteiger partial charge on any atom is -0.461 e. The lowest BCUT2D eigenvalue weighted by Crippen LogP contribution is -2.19. The molecule has 2 unspecified atom stereocenters. The molecule has 3 heteroatoms. The molecule has 64 valence electrons. The van der Waals surface area contributed by atoms with Gasteiger partial charge in [-0.25, -0.2) is 0 Å². The first-order chi connectivity index (χ1) is 5.15. The van der Waals surface area contributed by atoms with E-state index in [1.54, 1.807) is 0 Å². The SMILES string of the molecule is CC(C)C1CC(CN)OC1=O. The van der Waals surface area contributed by atoms with E-state index in [9.17, 15) is 4.79 Å².